The van der Waals surface area contributed by atoms with Gasteiger partial charge in [-0.15, -0.1) is 0 Å². The lowest BCUT2D eigenvalue weighted by Crippen LogP contribution is -2.40. The second-order valence-corrected chi connectivity index (χ2v) is 1.80. The predicted molar refractivity (Wildman–Crippen MR) is 115 cm³/mol. The maximum atomic E-state index is 9.70. The molecule has 0 aromatic heterocycles. The van der Waals surface area contributed by atoms with E-state index in [9.17, 15) is 4.79 Å². The molecule has 0 saturated carbocycles. The molecule has 0 aromatic rings. The van der Waals surface area contributed by atoms with Crippen molar-refractivity contribution in [2.24, 2.45) is 0 Å². The lowest BCUT2D eigenvalue weighted by atomic mass is 10.7. The van der Waals surface area contributed by atoms with Crippen LogP contribution in [-0.2, 0) is 19.2 Å². The maximum absolute atomic E-state index is 9.70. The Bertz CT molecular complexity index is 167. The first-order valence-corrected chi connectivity index (χ1v) is 6.72. The van der Waals surface area contributed by atoms with E-state index in [1.165, 1.54) is 20.8 Å². The summed E-state index contributed by atoms with van der Waals surface area (Å²) in [7, 11) is 3.35. The topological polar surface area (TPSA) is 128 Å². The molecule has 1 amide bonds. The Kier molecular flexibility index (Phi) is 587. The van der Waals surface area contributed by atoms with Gasteiger partial charge in [-0.05, 0) is 13.8 Å². The van der Waals surface area contributed by atoms with Gasteiger partial charge < -0.3 is 25.7 Å². The third kappa shape index (κ3) is 158000. The first-order chi connectivity index (χ1) is 9.83. The minimum Gasteiger partial charge on any atom is -0.481 e. The number of hydrogen-bond donors (Lipinski definition) is 3. The standard InChI is InChI=1S/C3H7NO.C2H4O2.2C2H4O.2C2H6.CH5N.4CH4/c1-3(5)4-2;1-2(3)4;2*1-2-3;3*1-2;;;;/h1-2H3,(H,4,5);1H3,(H,3,4);2*2H,1H3;2*1-2H3;2H2,1H3;4*1H4/p+1. The van der Waals surface area contributed by atoms with E-state index in [0.717, 1.165) is 19.5 Å². The molecular formula is C18H53N2O5+. The second-order valence-electron chi connectivity index (χ2n) is 1.80. The van der Waals surface area contributed by atoms with Crippen molar-refractivity contribution in [1.29, 1.82) is 0 Å². The Morgan fingerprint density at radius 3 is 0.840 bits per heavy atom. The monoisotopic (exact) mass is 377 g/mol. The highest BCUT2D eigenvalue weighted by molar-refractivity contribution is 5.72. The summed E-state index contributed by atoms with van der Waals surface area (Å²) in [4.78, 5) is 36.3. The average molecular weight is 378 g/mol. The molecule has 0 fully saturated rings. The number of hydrogen-bond acceptors (Lipinski definition) is 4. The third-order valence-corrected chi connectivity index (χ3v) is 0.352. The first kappa shape index (κ1) is 76.7. The molecule has 0 aliphatic rings. The van der Waals surface area contributed by atoms with Crippen LogP contribution in [0, 0.1) is 0 Å². The van der Waals surface area contributed by atoms with Gasteiger partial charge in [-0.3, -0.25) is 9.59 Å². The van der Waals surface area contributed by atoms with Crippen LogP contribution in [0.3, 0.4) is 0 Å². The smallest absolute Gasteiger partial charge is 0.300 e. The number of carboxylic acids is 1. The van der Waals surface area contributed by atoms with Crippen LogP contribution in [0.1, 0.15) is 85.1 Å². The molecule has 0 heterocycles. The molecule has 7 heteroatoms. The lowest BCUT2D eigenvalue weighted by Gasteiger charge is -1.80. The summed E-state index contributed by atoms with van der Waals surface area (Å²) in [5.41, 5.74) is 3.25. The van der Waals surface area contributed by atoms with Crippen LogP contribution in [-0.4, -0.2) is 43.7 Å². The van der Waals surface area contributed by atoms with Crippen LogP contribution in [0.2, 0.25) is 0 Å². The largest absolute Gasteiger partial charge is 0.481 e. The molecule has 0 unspecified atom stereocenters. The van der Waals surface area contributed by atoms with E-state index in [2.05, 4.69) is 11.1 Å². The molecule has 25 heavy (non-hydrogen) atoms. The Labute approximate surface area is 159 Å². The number of rotatable bonds is 0. The fraction of sp³-hybridized carbons (Fsp3) is 0.778. The van der Waals surface area contributed by atoms with Crippen molar-refractivity contribution in [3.63, 3.8) is 0 Å². The van der Waals surface area contributed by atoms with Gasteiger partial charge in [0, 0.05) is 20.9 Å². The minimum absolute atomic E-state index is 0. The fourth-order valence-electron chi connectivity index (χ4n) is 0. The van der Waals surface area contributed by atoms with Crippen LogP contribution in [0.25, 0.3) is 0 Å². The van der Waals surface area contributed by atoms with Crippen LogP contribution >= 0.6 is 0 Å². The Morgan fingerprint density at radius 2 is 0.840 bits per heavy atom. The summed E-state index contributed by atoms with van der Waals surface area (Å²) < 4.78 is 0. The van der Waals surface area contributed by atoms with Gasteiger partial charge in [-0.25, -0.2) is 0 Å². The zero-order valence-corrected chi connectivity index (χ0v) is 15.4. The van der Waals surface area contributed by atoms with E-state index in [0.29, 0.717) is 0 Å². The Morgan fingerprint density at radius 1 is 0.800 bits per heavy atom. The van der Waals surface area contributed by atoms with Gasteiger partial charge in [0.25, 0.3) is 5.97 Å². The van der Waals surface area contributed by atoms with Crippen molar-refractivity contribution in [2.45, 2.75) is 85.1 Å². The summed E-state index contributed by atoms with van der Waals surface area (Å²) in [5, 5.41) is 9.81. The highest BCUT2D eigenvalue weighted by Gasteiger charge is 1.72. The van der Waals surface area contributed by atoms with Crippen molar-refractivity contribution in [1.82, 2.24) is 5.32 Å². The molecular weight excluding hydrogens is 324 g/mol. The van der Waals surface area contributed by atoms with E-state index < -0.39 is 5.97 Å². The Balaban J connectivity index is -0.0000000102. The molecule has 0 rings (SSSR count). The number of aliphatic carboxylic acids is 1. The minimum atomic E-state index is -0.833. The van der Waals surface area contributed by atoms with Crippen LogP contribution in [0.5, 0.6) is 0 Å². The van der Waals surface area contributed by atoms with Gasteiger partial charge in [-0.2, -0.15) is 0 Å². The van der Waals surface area contributed by atoms with Gasteiger partial charge >= 0.3 is 0 Å². The fourth-order valence-corrected chi connectivity index (χ4v) is 0. The van der Waals surface area contributed by atoms with E-state index in [1.54, 1.807) is 14.1 Å². The van der Waals surface area contributed by atoms with Gasteiger partial charge in [0.1, 0.15) is 12.6 Å². The molecule has 0 spiro atoms. The average Bonchev–Trinajstić information content (AvgIpc) is 2.46. The number of carbonyl (C=O) groups is 4. The number of carbonyl (C=O) groups excluding carboxylic acids is 3. The summed E-state index contributed by atoms with van der Waals surface area (Å²) in [6.07, 6.45) is 1.50. The number of carboxylic acid groups (broad SMARTS) is 1. The van der Waals surface area contributed by atoms with E-state index >= 15 is 0 Å². The molecule has 7 nitrogen and oxygen atoms in total. The predicted octanol–water partition coefficient (Wildman–Crippen LogP) is 3.71. The van der Waals surface area contributed by atoms with Crippen molar-refractivity contribution in [2.75, 3.05) is 14.1 Å². The van der Waals surface area contributed by atoms with E-state index in [-0.39, 0.29) is 35.6 Å². The molecule has 0 radical (unpaired) electrons. The van der Waals surface area contributed by atoms with Crippen molar-refractivity contribution < 1.29 is 30.0 Å². The van der Waals surface area contributed by atoms with Crippen molar-refractivity contribution >= 4 is 24.4 Å². The number of amides is 1. The molecule has 0 aliphatic carbocycles. The van der Waals surface area contributed by atoms with E-state index in [4.69, 9.17) is 19.5 Å². The molecule has 164 valence electrons. The second kappa shape index (κ2) is 191. The zero-order chi connectivity index (χ0) is 19.3. The molecule has 0 aliphatic heterocycles. The number of aldehydes is 2. The highest BCUT2D eigenvalue weighted by atomic mass is 16.4. The van der Waals surface area contributed by atoms with Crippen molar-refractivity contribution in [3.05, 3.63) is 0 Å². The van der Waals surface area contributed by atoms with Gasteiger partial charge in [0.2, 0.25) is 5.91 Å². The van der Waals surface area contributed by atoms with Gasteiger partial charge in [0.15, 0.2) is 0 Å². The number of nitrogens with one attached hydrogen (secondary N) is 1. The van der Waals surface area contributed by atoms with Crippen LogP contribution in [0.4, 0.5) is 0 Å². The van der Waals surface area contributed by atoms with Crippen molar-refractivity contribution in [3.8, 4) is 0 Å². The van der Waals surface area contributed by atoms with Gasteiger partial charge in [-0.1, -0.05) is 57.4 Å². The first-order valence-electron chi connectivity index (χ1n) is 6.72. The Hall–Kier alpha value is -1.76. The molecule has 0 saturated heterocycles. The van der Waals surface area contributed by atoms with Gasteiger partial charge in [0.05, 0.1) is 7.05 Å². The zero-order valence-electron chi connectivity index (χ0n) is 15.4. The molecule has 0 bridgehead atoms. The molecule has 0 atom stereocenters. The third-order valence-electron chi connectivity index (χ3n) is 0.352. The summed E-state index contributed by atoms with van der Waals surface area (Å²) in [6.45, 7) is 13.4. The normalized spacial score (nSPS) is 4.12. The number of quaternary nitrogens is 1. The maximum Gasteiger partial charge on any atom is 0.300 e. The summed E-state index contributed by atoms with van der Waals surface area (Å²) in [5.74, 6) is -0.829. The summed E-state index contributed by atoms with van der Waals surface area (Å²) >= 11 is 0. The SMILES string of the molecule is C.C.C.C.CC.CC.CC(=O)O.CC=O.CC=O.CNC(C)=O.C[NH3+]. The quantitative estimate of drug-likeness (QED) is 0.554. The highest BCUT2D eigenvalue weighted by Crippen LogP contribution is 1.45. The van der Waals surface area contributed by atoms with Crippen LogP contribution in [0.15, 0.2) is 0 Å². The van der Waals surface area contributed by atoms with E-state index in [1.807, 2.05) is 27.7 Å². The van der Waals surface area contributed by atoms with Crippen LogP contribution < -0.4 is 11.1 Å². The lowest BCUT2D eigenvalue weighted by molar-refractivity contribution is -0.325. The summed E-state index contributed by atoms with van der Waals surface area (Å²) in [6, 6.07) is 0. The molecule has 5 N–H and O–H groups in total. The molecule has 0 aromatic carbocycles.